The normalized spacial score (nSPS) is 22.2. The van der Waals surface area contributed by atoms with Gasteiger partial charge in [0.25, 0.3) is 0 Å². The van der Waals surface area contributed by atoms with Crippen LogP contribution < -0.4 is 5.32 Å². The van der Waals surface area contributed by atoms with Crippen LogP contribution >= 0.6 is 0 Å². The Hall–Kier alpha value is -1.66. The van der Waals surface area contributed by atoms with E-state index >= 15 is 0 Å². The lowest BCUT2D eigenvalue weighted by Gasteiger charge is -2.29. The van der Waals surface area contributed by atoms with Crippen LogP contribution in [-0.4, -0.2) is 31.7 Å². The van der Waals surface area contributed by atoms with Gasteiger partial charge in [0.2, 0.25) is 15.9 Å². The minimum absolute atomic E-state index is 0.0304. The molecule has 5 nitrogen and oxygen atoms in total. The van der Waals surface area contributed by atoms with Gasteiger partial charge in [-0.2, -0.15) is 4.31 Å². The van der Waals surface area contributed by atoms with Crippen LogP contribution in [0.1, 0.15) is 39.0 Å². The van der Waals surface area contributed by atoms with Crippen molar-refractivity contribution in [1.82, 2.24) is 4.31 Å². The number of rotatable bonds is 5. The molecule has 1 aliphatic heterocycles. The third kappa shape index (κ3) is 4.50. The fourth-order valence-electron chi connectivity index (χ4n) is 3.40. The number of allylic oxidation sites excluding steroid dienone is 2. The number of hydrogen-bond donors (Lipinski definition) is 1. The number of sulfonamides is 1. The Bertz CT molecular complexity index is 732. The van der Waals surface area contributed by atoms with Crippen LogP contribution in [0, 0.1) is 11.8 Å². The number of anilines is 1. The van der Waals surface area contributed by atoms with Crippen molar-refractivity contribution in [3.05, 3.63) is 36.4 Å². The Kier molecular flexibility index (Phi) is 5.59. The van der Waals surface area contributed by atoms with E-state index in [0.29, 0.717) is 41.9 Å². The lowest BCUT2D eigenvalue weighted by molar-refractivity contribution is -0.116. The molecule has 0 unspecified atom stereocenters. The molecule has 0 bridgehead atoms. The van der Waals surface area contributed by atoms with Crippen LogP contribution in [0.25, 0.3) is 0 Å². The van der Waals surface area contributed by atoms with Crippen molar-refractivity contribution in [3.63, 3.8) is 0 Å². The van der Waals surface area contributed by atoms with Gasteiger partial charge in [0.05, 0.1) is 4.90 Å². The lowest BCUT2D eigenvalue weighted by Crippen LogP contribution is -2.37. The highest BCUT2D eigenvalue weighted by Crippen LogP contribution is 2.25. The van der Waals surface area contributed by atoms with E-state index in [1.54, 1.807) is 28.6 Å². The summed E-state index contributed by atoms with van der Waals surface area (Å²) in [4.78, 5) is 12.3. The topological polar surface area (TPSA) is 66.5 Å². The van der Waals surface area contributed by atoms with Crippen LogP contribution in [-0.2, 0) is 14.8 Å². The first kappa shape index (κ1) is 18.1. The molecule has 1 aliphatic carbocycles. The largest absolute Gasteiger partial charge is 0.326 e. The molecule has 1 N–H and O–H groups in total. The van der Waals surface area contributed by atoms with Crippen molar-refractivity contribution >= 4 is 21.6 Å². The van der Waals surface area contributed by atoms with Crippen LogP contribution in [0.3, 0.4) is 0 Å². The first-order valence-electron chi connectivity index (χ1n) is 9.02. The average molecular weight is 362 g/mol. The number of carbonyl (C=O) groups excluding carboxylic acids is 1. The maximum Gasteiger partial charge on any atom is 0.243 e. The van der Waals surface area contributed by atoms with E-state index in [4.69, 9.17) is 0 Å². The van der Waals surface area contributed by atoms with Crippen molar-refractivity contribution in [2.45, 2.75) is 43.9 Å². The molecule has 1 amide bonds. The van der Waals surface area contributed by atoms with Crippen LogP contribution in [0.15, 0.2) is 41.3 Å². The zero-order valence-electron chi connectivity index (χ0n) is 14.6. The molecule has 1 heterocycles. The molecule has 0 spiro atoms. The van der Waals surface area contributed by atoms with Crippen molar-refractivity contribution in [3.8, 4) is 0 Å². The second-order valence-electron chi connectivity index (χ2n) is 7.13. The second kappa shape index (κ2) is 7.70. The molecular formula is C19H26N2O3S. The second-order valence-corrected chi connectivity index (χ2v) is 9.07. The van der Waals surface area contributed by atoms with E-state index < -0.39 is 10.0 Å². The predicted molar refractivity (Wildman–Crippen MR) is 98.7 cm³/mol. The fourth-order valence-corrected chi connectivity index (χ4v) is 4.87. The van der Waals surface area contributed by atoms with Crippen molar-refractivity contribution < 1.29 is 13.2 Å². The molecule has 136 valence electrons. The molecule has 6 heteroatoms. The monoisotopic (exact) mass is 362 g/mol. The average Bonchev–Trinajstić information content (AvgIpc) is 3.08. The number of nitrogens with one attached hydrogen (secondary N) is 1. The molecule has 1 aromatic rings. The summed E-state index contributed by atoms with van der Waals surface area (Å²) in [7, 11) is -3.44. The van der Waals surface area contributed by atoms with E-state index in [1.807, 2.05) is 0 Å². The van der Waals surface area contributed by atoms with Gasteiger partial charge in [-0.05, 0) is 61.8 Å². The number of hydrogen-bond acceptors (Lipinski definition) is 3. The van der Waals surface area contributed by atoms with Gasteiger partial charge in [0, 0.05) is 25.2 Å². The summed E-state index contributed by atoms with van der Waals surface area (Å²) >= 11 is 0. The zero-order chi connectivity index (χ0) is 17.9. The third-order valence-electron chi connectivity index (χ3n) is 5.08. The first-order chi connectivity index (χ1) is 11.9. The van der Waals surface area contributed by atoms with E-state index in [1.165, 1.54) is 0 Å². The van der Waals surface area contributed by atoms with Crippen LogP contribution in [0.2, 0.25) is 0 Å². The number of piperidine rings is 1. The van der Waals surface area contributed by atoms with Crippen molar-refractivity contribution in [1.29, 1.82) is 0 Å². The maximum atomic E-state index is 12.7. The van der Waals surface area contributed by atoms with Gasteiger partial charge in [-0.3, -0.25) is 4.79 Å². The maximum absolute atomic E-state index is 12.7. The predicted octanol–water partition coefficient (Wildman–Crippen LogP) is 3.40. The molecule has 0 saturated carbocycles. The summed E-state index contributed by atoms with van der Waals surface area (Å²) in [6.07, 6.45) is 8.56. The highest BCUT2D eigenvalue weighted by atomic mass is 32.2. The zero-order valence-corrected chi connectivity index (χ0v) is 15.5. The van der Waals surface area contributed by atoms with E-state index in [2.05, 4.69) is 24.4 Å². The summed E-state index contributed by atoms with van der Waals surface area (Å²) in [5, 5.41) is 2.85. The smallest absolute Gasteiger partial charge is 0.243 e. The van der Waals surface area contributed by atoms with E-state index in [0.717, 1.165) is 25.7 Å². The lowest BCUT2D eigenvalue weighted by atomic mass is 10.0. The standard InChI is InChI=1S/C19H26N2O3S/c1-15-10-12-21(13-11-15)25(23,24)18-8-6-17(7-9-18)20-19(22)14-16-4-2-3-5-16/h2,4,6-9,15-16H,3,5,10-14H2,1H3,(H,20,22)/t16-/m1/s1. The Labute approximate surface area is 150 Å². The molecule has 1 atom stereocenters. The van der Waals surface area contributed by atoms with Gasteiger partial charge in [0.15, 0.2) is 0 Å². The molecule has 1 fully saturated rings. The highest BCUT2D eigenvalue weighted by Gasteiger charge is 2.27. The summed E-state index contributed by atoms with van der Waals surface area (Å²) in [6, 6.07) is 6.50. The van der Waals surface area contributed by atoms with Gasteiger partial charge in [-0.1, -0.05) is 19.1 Å². The Morgan fingerprint density at radius 1 is 1.16 bits per heavy atom. The molecule has 2 aliphatic rings. The minimum Gasteiger partial charge on any atom is -0.326 e. The molecule has 0 radical (unpaired) electrons. The minimum atomic E-state index is -3.44. The summed E-state index contributed by atoms with van der Waals surface area (Å²) < 4.78 is 26.9. The number of carbonyl (C=O) groups is 1. The van der Waals surface area contributed by atoms with E-state index in [-0.39, 0.29) is 5.91 Å². The summed E-state index contributed by atoms with van der Waals surface area (Å²) in [5.41, 5.74) is 0.637. The number of amides is 1. The Morgan fingerprint density at radius 2 is 1.84 bits per heavy atom. The number of benzene rings is 1. The van der Waals surface area contributed by atoms with Crippen molar-refractivity contribution in [2.24, 2.45) is 11.8 Å². The fraction of sp³-hybridized carbons (Fsp3) is 0.526. The quantitative estimate of drug-likeness (QED) is 0.817. The Morgan fingerprint density at radius 3 is 2.44 bits per heavy atom. The van der Waals surface area contributed by atoms with Gasteiger partial charge in [-0.15, -0.1) is 0 Å². The molecule has 0 aromatic heterocycles. The SMILES string of the molecule is CC1CCN(S(=O)(=O)c2ccc(NC(=O)C[C@@H]3C=CCC3)cc2)CC1. The molecule has 1 saturated heterocycles. The first-order valence-corrected chi connectivity index (χ1v) is 10.5. The highest BCUT2D eigenvalue weighted by molar-refractivity contribution is 7.89. The molecule has 1 aromatic carbocycles. The Balaban J connectivity index is 1.61. The van der Waals surface area contributed by atoms with Gasteiger partial charge in [0.1, 0.15) is 0 Å². The van der Waals surface area contributed by atoms with E-state index in [9.17, 15) is 13.2 Å². The van der Waals surface area contributed by atoms with Crippen LogP contribution in [0.5, 0.6) is 0 Å². The molecule has 25 heavy (non-hydrogen) atoms. The third-order valence-corrected chi connectivity index (χ3v) is 6.99. The van der Waals surface area contributed by atoms with Gasteiger partial charge >= 0.3 is 0 Å². The summed E-state index contributed by atoms with van der Waals surface area (Å²) in [5.74, 6) is 0.872. The molecular weight excluding hydrogens is 336 g/mol. The van der Waals surface area contributed by atoms with Crippen LogP contribution in [0.4, 0.5) is 5.69 Å². The molecule has 3 rings (SSSR count). The van der Waals surface area contributed by atoms with Crippen molar-refractivity contribution in [2.75, 3.05) is 18.4 Å². The van der Waals surface area contributed by atoms with Gasteiger partial charge < -0.3 is 5.32 Å². The van der Waals surface area contributed by atoms with Gasteiger partial charge in [-0.25, -0.2) is 8.42 Å². The number of nitrogens with zero attached hydrogens (tertiary/aromatic N) is 1. The summed E-state index contributed by atoms with van der Waals surface area (Å²) in [6.45, 7) is 3.32.